The molecule has 31 heavy (non-hydrogen) atoms. The number of ether oxygens (including phenoxy) is 1. The van der Waals surface area contributed by atoms with Gasteiger partial charge in [-0.15, -0.1) is 0 Å². The number of amides is 2. The molecule has 0 N–H and O–H groups in total. The number of fused-ring (bicyclic) bond motifs is 3. The van der Waals surface area contributed by atoms with Gasteiger partial charge < -0.3 is 4.74 Å². The average Bonchev–Trinajstić information content (AvgIpc) is 3.39. The van der Waals surface area contributed by atoms with Crippen LogP contribution in [0.3, 0.4) is 0 Å². The lowest BCUT2D eigenvalue weighted by Crippen LogP contribution is -2.54. The SMILES string of the molecule is COC(=O)[C@@]12CCCN1C(c1ccc(-c3cccc(Cl)c3)cc1)C1C(=O)N(C)C(=O)C12. The molecule has 0 bridgehead atoms. The Kier molecular flexibility index (Phi) is 4.68. The van der Waals surface area contributed by atoms with Crippen molar-refractivity contribution in [2.75, 3.05) is 20.7 Å². The number of carbonyl (C=O) groups is 3. The number of esters is 1. The fourth-order valence-electron chi connectivity index (χ4n) is 5.88. The molecule has 2 aromatic rings. The van der Waals surface area contributed by atoms with E-state index in [9.17, 15) is 14.4 Å². The van der Waals surface area contributed by atoms with E-state index in [4.69, 9.17) is 16.3 Å². The number of carbonyl (C=O) groups excluding carboxylic acids is 3. The number of hydrogen-bond acceptors (Lipinski definition) is 5. The lowest BCUT2D eigenvalue weighted by atomic mass is 9.77. The van der Waals surface area contributed by atoms with Gasteiger partial charge in [0.25, 0.3) is 0 Å². The summed E-state index contributed by atoms with van der Waals surface area (Å²) in [7, 11) is 2.85. The van der Waals surface area contributed by atoms with E-state index in [0.29, 0.717) is 18.0 Å². The third-order valence-electron chi connectivity index (χ3n) is 7.18. The summed E-state index contributed by atoms with van der Waals surface area (Å²) in [6.07, 6.45) is 1.30. The first-order valence-corrected chi connectivity index (χ1v) is 10.8. The van der Waals surface area contributed by atoms with Crippen molar-refractivity contribution in [3.8, 4) is 11.1 Å². The first kappa shape index (κ1) is 20.2. The van der Waals surface area contributed by atoms with Gasteiger partial charge in [-0.2, -0.15) is 0 Å². The quantitative estimate of drug-likeness (QED) is 0.543. The van der Waals surface area contributed by atoms with E-state index in [0.717, 1.165) is 23.1 Å². The lowest BCUT2D eigenvalue weighted by molar-refractivity contribution is -0.158. The Hall–Kier alpha value is -2.70. The number of benzene rings is 2. The standard InChI is InChI=1S/C24H23ClN2O4/c1-26-21(28)18-19(22(26)29)24(23(30)31-2)11-4-12-27(24)20(18)15-9-7-14(8-10-15)16-5-3-6-17(25)13-16/h3,5-10,13,18-20H,4,11-12H2,1-2H3/t18?,19?,20?,24-/m0/s1. The van der Waals surface area contributed by atoms with Crippen molar-refractivity contribution in [1.82, 2.24) is 9.80 Å². The highest BCUT2D eigenvalue weighted by molar-refractivity contribution is 6.30. The van der Waals surface area contributed by atoms with Crippen LogP contribution in [0.2, 0.25) is 5.02 Å². The fourth-order valence-corrected chi connectivity index (χ4v) is 6.07. The van der Waals surface area contributed by atoms with Gasteiger partial charge in [-0.1, -0.05) is 48.0 Å². The van der Waals surface area contributed by atoms with E-state index in [-0.39, 0.29) is 17.9 Å². The van der Waals surface area contributed by atoms with Crippen LogP contribution in [0.1, 0.15) is 24.4 Å². The van der Waals surface area contributed by atoms with Gasteiger partial charge in [-0.05, 0) is 48.2 Å². The van der Waals surface area contributed by atoms with E-state index in [1.165, 1.54) is 19.1 Å². The molecular weight excluding hydrogens is 416 g/mol. The normalized spacial score (nSPS) is 29.9. The molecule has 3 unspecified atom stereocenters. The number of nitrogens with zero attached hydrogens (tertiary/aromatic N) is 2. The molecule has 7 heteroatoms. The molecule has 2 aromatic carbocycles. The van der Waals surface area contributed by atoms with Crippen molar-refractivity contribution in [1.29, 1.82) is 0 Å². The highest BCUT2D eigenvalue weighted by Gasteiger charge is 2.72. The van der Waals surface area contributed by atoms with E-state index < -0.39 is 23.3 Å². The summed E-state index contributed by atoms with van der Waals surface area (Å²) in [5.41, 5.74) is 1.85. The van der Waals surface area contributed by atoms with Gasteiger partial charge in [0.05, 0.1) is 18.9 Å². The zero-order chi connectivity index (χ0) is 21.9. The molecule has 0 spiro atoms. The smallest absolute Gasteiger partial charge is 0.327 e. The average molecular weight is 439 g/mol. The Morgan fingerprint density at radius 3 is 2.52 bits per heavy atom. The van der Waals surface area contributed by atoms with Crippen LogP contribution in [-0.2, 0) is 19.1 Å². The number of rotatable bonds is 3. The molecule has 5 rings (SSSR count). The third-order valence-corrected chi connectivity index (χ3v) is 7.42. The Balaban J connectivity index is 1.59. The topological polar surface area (TPSA) is 66.9 Å². The Bertz CT molecular complexity index is 1090. The van der Waals surface area contributed by atoms with E-state index >= 15 is 0 Å². The Labute approximate surface area is 185 Å². The second-order valence-electron chi connectivity index (χ2n) is 8.53. The second kappa shape index (κ2) is 7.18. The van der Waals surface area contributed by atoms with Gasteiger partial charge in [-0.25, -0.2) is 0 Å². The number of likely N-dealkylation sites (tertiary alicyclic amines) is 1. The molecule has 3 aliphatic rings. The molecule has 3 saturated heterocycles. The van der Waals surface area contributed by atoms with Crippen LogP contribution in [0.15, 0.2) is 48.5 Å². The van der Waals surface area contributed by atoms with E-state index in [2.05, 4.69) is 0 Å². The van der Waals surface area contributed by atoms with Gasteiger partial charge in [0, 0.05) is 18.1 Å². The third kappa shape index (κ3) is 2.71. The summed E-state index contributed by atoms with van der Waals surface area (Å²) in [6.45, 7) is 0.646. The van der Waals surface area contributed by atoms with Crippen molar-refractivity contribution in [2.24, 2.45) is 11.8 Å². The van der Waals surface area contributed by atoms with Gasteiger partial charge in [0.15, 0.2) is 0 Å². The van der Waals surface area contributed by atoms with Gasteiger partial charge >= 0.3 is 5.97 Å². The lowest BCUT2D eigenvalue weighted by Gasteiger charge is -2.35. The number of hydrogen-bond donors (Lipinski definition) is 0. The first-order chi connectivity index (χ1) is 14.9. The summed E-state index contributed by atoms with van der Waals surface area (Å²) in [5.74, 6) is -2.23. The van der Waals surface area contributed by atoms with Gasteiger partial charge in [-0.3, -0.25) is 24.2 Å². The predicted molar refractivity (Wildman–Crippen MR) is 115 cm³/mol. The minimum atomic E-state index is -1.08. The molecular formula is C24H23ClN2O4. The van der Waals surface area contributed by atoms with Crippen molar-refractivity contribution < 1.29 is 19.1 Å². The van der Waals surface area contributed by atoms with Crippen LogP contribution in [0.5, 0.6) is 0 Å². The van der Waals surface area contributed by atoms with Crippen molar-refractivity contribution in [3.05, 3.63) is 59.1 Å². The van der Waals surface area contributed by atoms with Crippen LogP contribution < -0.4 is 0 Å². The summed E-state index contributed by atoms with van der Waals surface area (Å²) < 4.78 is 5.16. The highest BCUT2D eigenvalue weighted by atomic mass is 35.5. The zero-order valence-electron chi connectivity index (χ0n) is 17.4. The molecule has 0 aliphatic carbocycles. The molecule has 3 fully saturated rings. The van der Waals surface area contributed by atoms with Crippen LogP contribution in [0.25, 0.3) is 11.1 Å². The van der Waals surface area contributed by atoms with Crippen LogP contribution in [-0.4, -0.2) is 53.8 Å². The number of halogens is 1. The zero-order valence-corrected chi connectivity index (χ0v) is 18.1. The fraction of sp³-hybridized carbons (Fsp3) is 0.375. The van der Waals surface area contributed by atoms with Crippen molar-refractivity contribution >= 4 is 29.4 Å². The molecule has 6 nitrogen and oxygen atoms in total. The predicted octanol–water partition coefficient (Wildman–Crippen LogP) is 3.30. The van der Waals surface area contributed by atoms with Crippen LogP contribution >= 0.6 is 11.6 Å². The number of methoxy groups -OCH3 is 1. The summed E-state index contributed by atoms with van der Waals surface area (Å²) in [6, 6.07) is 15.2. The highest BCUT2D eigenvalue weighted by Crippen LogP contribution is 2.59. The van der Waals surface area contributed by atoms with Crippen molar-refractivity contribution in [3.63, 3.8) is 0 Å². The molecule has 2 amide bonds. The Morgan fingerprint density at radius 2 is 1.84 bits per heavy atom. The molecule has 160 valence electrons. The maximum Gasteiger partial charge on any atom is 0.327 e. The molecule has 3 heterocycles. The maximum absolute atomic E-state index is 13.1. The van der Waals surface area contributed by atoms with Gasteiger partial charge in [0.1, 0.15) is 5.54 Å². The summed E-state index contributed by atoms with van der Waals surface area (Å²) in [5, 5.41) is 0.665. The molecule has 0 aromatic heterocycles. The largest absolute Gasteiger partial charge is 0.468 e. The van der Waals surface area contributed by atoms with Gasteiger partial charge in [0.2, 0.25) is 11.8 Å². The molecule has 4 atom stereocenters. The second-order valence-corrected chi connectivity index (χ2v) is 8.97. The summed E-state index contributed by atoms with van der Waals surface area (Å²) >= 11 is 6.13. The Morgan fingerprint density at radius 1 is 1.10 bits per heavy atom. The van der Waals surface area contributed by atoms with Crippen LogP contribution in [0.4, 0.5) is 0 Å². The molecule has 0 radical (unpaired) electrons. The summed E-state index contributed by atoms with van der Waals surface area (Å²) in [4.78, 5) is 42.4. The van der Waals surface area contributed by atoms with E-state index in [1.807, 2.05) is 53.4 Å². The molecule has 0 saturated carbocycles. The minimum Gasteiger partial charge on any atom is -0.468 e. The maximum atomic E-state index is 13.1. The number of imide groups is 1. The van der Waals surface area contributed by atoms with Crippen molar-refractivity contribution in [2.45, 2.75) is 24.4 Å². The van der Waals surface area contributed by atoms with E-state index in [1.54, 1.807) is 0 Å². The monoisotopic (exact) mass is 438 g/mol. The first-order valence-electron chi connectivity index (χ1n) is 10.4. The van der Waals surface area contributed by atoms with Crippen LogP contribution in [0, 0.1) is 11.8 Å². The molecule has 3 aliphatic heterocycles. The minimum absolute atomic E-state index is 0.225.